The summed E-state index contributed by atoms with van der Waals surface area (Å²) in [5.41, 5.74) is 1.57. The van der Waals surface area contributed by atoms with Crippen molar-refractivity contribution in [3.05, 3.63) is 97.9 Å². The summed E-state index contributed by atoms with van der Waals surface area (Å²) in [6, 6.07) is 17.4. The van der Waals surface area contributed by atoms with Crippen molar-refractivity contribution in [1.82, 2.24) is 19.4 Å². The van der Waals surface area contributed by atoms with Gasteiger partial charge in [0.1, 0.15) is 11.5 Å². The number of rotatable bonds is 5. The van der Waals surface area contributed by atoms with Crippen molar-refractivity contribution in [2.75, 3.05) is 13.1 Å². The van der Waals surface area contributed by atoms with E-state index in [4.69, 9.17) is 21.3 Å². The Labute approximate surface area is 201 Å². The van der Waals surface area contributed by atoms with Crippen LogP contribution < -0.4 is 16.0 Å². The predicted molar refractivity (Wildman–Crippen MR) is 133 cm³/mol. The normalized spacial score (nSPS) is 15.0. The highest BCUT2D eigenvalue weighted by Crippen LogP contribution is 2.32. The second-order valence-corrected chi connectivity index (χ2v) is 9.11. The lowest BCUT2D eigenvalue weighted by Gasteiger charge is -2.32. The van der Waals surface area contributed by atoms with Gasteiger partial charge in [-0.05, 0) is 50.1 Å². The Morgan fingerprint density at radius 1 is 1.09 bits per heavy atom. The van der Waals surface area contributed by atoms with E-state index in [2.05, 4.69) is 9.88 Å². The van der Waals surface area contributed by atoms with E-state index in [0.29, 0.717) is 17.1 Å². The van der Waals surface area contributed by atoms with Gasteiger partial charge in [0.2, 0.25) is 0 Å². The molecule has 0 unspecified atom stereocenters. The Balaban J connectivity index is 1.35. The number of nitrogens with zero attached hydrogens (tertiary/aromatic N) is 3. The van der Waals surface area contributed by atoms with E-state index in [1.54, 1.807) is 17.7 Å². The Kier molecular flexibility index (Phi) is 6.22. The molecule has 0 radical (unpaired) electrons. The summed E-state index contributed by atoms with van der Waals surface area (Å²) in [6.07, 6.45) is 3.31. The highest BCUT2D eigenvalue weighted by Gasteiger charge is 2.22. The summed E-state index contributed by atoms with van der Waals surface area (Å²) >= 11 is 6.24. The minimum absolute atomic E-state index is 0.0691. The summed E-state index contributed by atoms with van der Waals surface area (Å²) in [6.45, 7) is 4.02. The van der Waals surface area contributed by atoms with Gasteiger partial charge in [-0.15, -0.1) is 0 Å². The number of aromatic amines is 1. The van der Waals surface area contributed by atoms with Crippen molar-refractivity contribution in [2.24, 2.45) is 0 Å². The van der Waals surface area contributed by atoms with E-state index in [1.165, 1.54) is 0 Å². The van der Waals surface area contributed by atoms with Gasteiger partial charge in [-0.1, -0.05) is 29.8 Å². The van der Waals surface area contributed by atoms with Gasteiger partial charge in [0.05, 0.1) is 11.2 Å². The molecule has 1 saturated heterocycles. The third-order valence-corrected chi connectivity index (χ3v) is 6.48. The Hall–Kier alpha value is -3.42. The lowest BCUT2D eigenvalue weighted by molar-refractivity contribution is 0.175. The summed E-state index contributed by atoms with van der Waals surface area (Å²) in [5, 5.41) is 1.54. The van der Waals surface area contributed by atoms with Gasteiger partial charge >= 0.3 is 5.69 Å². The van der Waals surface area contributed by atoms with Crippen LogP contribution in [0, 0.1) is 6.92 Å². The van der Waals surface area contributed by atoms with Crippen LogP contribution in [0.3, 0.4) is 0 Å². The van der Waals surface area contributed by atoms with Crippen molar-refractivity contribution < 1.29 is 4.74 Å². The first kappa shape index (κ1) is 22.4. The zero-order chi connectivity index (χ0) is 23.7. The molecule has 34 heavy (non-hydrogen) atoms. The lowest BCUT2D eigenvalue weighted by atomic mass is 10.0. The third-order valence-electron chi connectivity index (χ3n) is 6.24. The molecule has 0 spiro atoms. The number of fused-ring (bicyclic) bond motifs is 1. The number of piperidine rings is 1. The molecule has 1 aliphatic rings. The molecule has 1 aliphatic heterocycles. The van der Waals surface area contributed by atoms with Gasteiger partial charge in [0.15, 0.2) is 0 Å². The van der Waals surface area contributed by atoms with Gasteiger partial charge in [-0.3, -0.25) is 24.2 Å². The van der Waals surface area contributed by atoms with Crippen LogP contribution in [-0.2, 0) is 6.54 Å². The number of likely N-dealkylation sites (tertiary alicyclic amines) is 1. The van der Waals surface area contributed by atoms with Crippen molar-refractivity contribution >= 4 is 22.5 Å². The van der Waals surface area contributed by atoms with Crippen LogP contribution >= 0.6 is 11.6 Å². The number of H-pyrrole nitrogens is 1. The molecule has 0 saturated carbocycles. The number of benzene rings is 2. The van der Waals surface area contributed by atoms with E-state index >= 15 is 0 Å². The van der Waals surface area contributed by atoms with Gasteiger partial charge < -0.3 is 4.74 Å². The minimum atomic E-state index is -0.343. The van der Waals surface area contributed by atoms with Crippen molar-refractivity contribution in [3.63, 3.8) is 0 Å². The molecule has 2 aromatic heterocycles. The summed E-state index contributed by atoms with van der Waals surface area (Å²) in [4.78, 5) is 33.5. The zero-order valence-electron chi connectivity index (χ0n) is 18.8. The second-order valence-electron chi connectivity index (χ2n) is 8.67. The van der Waals surface area contributed by atoms with E-state index in [9.17, 15) is 9.59 Å². The number of aryl methyl sites for hydroxylation is 1. The molecule has 1 N–H and O–H groups in total. The summed E-state index contributed by atoms with van der Waals surface area (Å²) in [5.74, 6) is 1.51. The number of ether oxygens (including phenoxy) is 1. The maximum absolute atomic E-state index is 12.3. The number of aromatic nitrogens is 3. The minimum Gasteiger partial charge on any atom is -0.457 e. The zero-order valence-corrected chi connectivity index (χ0v) is 19.6. The average Bonchev–Trinajstić information content (AvgIpc) is 2.82. The van der Waals surface area contributed by atoms with Crippen LogP contribution in [0.1, 0.15) is 30.1 Å². The molecule has 2 aromatic carbocycles. The maximum Gasteiger partial charge on any atom is 0.328 e. The van der Waals surface area contributed by atoms with Crippen LogP contribution in [0.4, 0.5) is 0 Å². The van der Waals surface area contributed by atoms with Crippen LogP contribution in [0.5, 0.6) is 11.5 Å². The first-order valence-corrected chi connectivity index (χ1v) is 11.7. The fraction of sp³-hybridized carbons (Fsp3) is 0.269. The topological polar surface area (TPSA) is 80.2 Å². The number of para-hydroxylation sites is 1. The van der Waals surface area contributed by atoms with Crippen LogP contribution in [-0.4, -0.2) is 32.5 Å². The molecule has 4 aromatic rings. The molecule has 8 heteroatoms. The summed E-state index contributed by atoms with van der Waals surface area (Å²) < 4.78 is 7.86. The quantitative estimate of drug-likeness (QED) is 0.452. The molecular weight excluding hydrogens is 452 g/mol. The molecule has 174 valence electrons. The van der Waals surface area contributed by atoms with Crippen LogP contribution in [0.2, 0.25) is 5.02 Å². The smallest absolute Gasteiger partial charge is 0.328 e. The standard InChI is InChI=1S/C26H25ClN4O3/c1-17-15-31(26(33)29-25(17)32)20-9-11-30(12-10-20)16-19-14-24(34-21-5-3-2-4-6-21)22-8-7-18(27)13-23(22)28-19/h2-8,13-15,20H,9-12,16H2,1H3,(H,29,32,33). The van der Waals surface area contributed by atoms with Crippen LogP contribution in [0.15, 0.2) is 70.4 Å². The van der Waals surface area contributed by atoms with E-state index in [0.717, 1.165) is 54.0 Å². The number of hydrogen-bond acceptors (Lipinski definition) is 5. The molecule has 0 amide bonds. The average molecular weight is 477 g/mol. The van der Waals surface area contributed by atoms with Gasteiger partial charge in [0, 0.05) is 53.9 Å². The molecule has 5 rings (SSSR count). The molecule has 3 heterocycles. The highest BCUT2D eigenvalue weighted by atomic mass is 35.5. The van der Waals surface area contributed by atoms with E-state index < -0.39 is 0 Å². The van der Waals surface area contributed by atoms with Crippen molar-refractivity contribution in [2.45, 2.75) is 32.4 Å². The Morgan fingerprint density at radius 3 is 2.62 bits per heavy atom. The first-order valence-electron chi connectivity index (χ1n) is 11.3. The molecule has 1 fully saturated rings. The number of pyridine rings is 1. The first-order chi connectivity index (χ1) is 16.5. The molecule has 7 nitrogen and oxygen atoms in total. The molecule has 0 aliphatic carbocycles. The van der Waals surface area contributed by atoms with Gasteiger partial charge in [-0.2, -0.15) is 0 Å². The van der Waals surface area contributed by atoms with Crippen LogP contribution in [0.25, 0.3) is 10.9 Å². The molecule has 0 bridgehead atoms. The number of halogens is 1. The van der Waals surface area contributed by atoms with Gasteiger partial charge in [0.25, 0.3) is 5.56 Å². The fourth-order valence-electron chi connectivity index (χ4n) is 4.44. The Morgan fingerprint density at radius 2 is 1.85 bits per heavy atom. The number of nitrogens with one attached hydrogen (secondary N) is 1. The molecular formula is C26H25ClN4O3. The molecule has 0 atom stereocenters. The Bertz CT molecular complexity index is 1440. The SMILES string of the molecule is Cc1cn(C2CCN(Cc3cc(Oc4ccccc4)c4ccc(Cl)cc4n3)CC2)c(=O)[nH]c1=O. The van der Waals surface area contributed by atoms with Gasteiger partial charge in [-0.25, -0.2) is 4.79 Å². The second kappa shape index (κ2) is 9.44. The summed E-state index contributed by atoms with van der Waals surface area (Å²) in [7, 11) is 0. The van der Waals surface area contributed by atoms with Crippen molar-refractivity contribution in [3.8, 4) is 11.5 Å². The fourth-order valence-corrected chi connectivity index (χ4v) is 4.61. The predicted octanol–water partition coefficient (Wildman–Crippen LogP) is 4.68. The monoisotopic (exact) mass is 476 g/mol. The lowest BCUT2D eigenvalue weighted by Crippen LogP contribution is -2.39. The maximum atomic E-state index is 12.3. The third kappa shape index (κ3) is 4.76. The highest BCUT2D eigenvalue weighted by molar-refractivity contribution is 6.31. The van der Waals surface area contributed by atoms with Crippen molar-refractivity contribution in [1.29, 1.82) is 0 Å². The number of hydrogen-bond donors (Lipinski definition) is 1. The largest absolute Gasteiger partial charge is 0.457 e. The van der Waals surface area contributed by atoms with E-state index in [1.807, 2.05) is 54.6 Å². The van der Waals surface area contributed by atoms with E-state index in [-0.39, 0.29) is 17.3 Å².